The Bertz CT molecular complexity index is 209. The number of likely N-dealkylation sites (tertiary alicyclic amines) is 1. The number of nitrogens with zero attached hydrogens (tertiary/aromatic N) is 1. The number of nitrogens with two attached hydrogens (primary N) is 1. The molecule has 1 atom stereocenters. The quantitative estimate of drug-likeness (QED) is 0.798. The van der Waals surface area contributed by atoms with E-state index in [-0.39, 0.29) is 5.54 Å². The first-order valence-electron chi connectivity index (χ1n) is 7.19. The highest BCUT2D eigenvalue weighted by Gasteiger charge is 2.29. The molecular formula is C14H28N2. The van der Waals surface area contributed by atoms with E-state index in [9.17, 15) is 0 Å². The van der Waals surface area contributed by atoms with Crippen LogP contribution in [0.1, 0.15) is 64.2 Å². The molecule has 2 aliphatic rings. The van der Waals surface area contributed by atoms with Crippen molar-refractivity contribution >= 4 is 0 Å². The molecular weight excluding hydrogens is 196 g/mol. The SMILES string of the molecule is CN1CCCCC1CCC1(N)CCCCC1. The van der Waals surface area contributed by atoms with Crippen LogP contribution in [0.3, 0.4) is 0 Å². The minimum absolute atomic E-state index is 0.191. The minimum Gasteiger partial charge on any atom is -0.325 e. The Balaban J connectivity index is 1.76. The standard InChI is InChI=1S/C14H28N2/c1-16-12-6-3-7-13(16)8-11-14(15)9-4-2-5-10-14/h13H,2-12,15H2,1H3. The van der Waals surface area contributed by atoms with Crippen molar-refractivity contribution in [1.82, 2.24) is 4.90 Å². The van der Waals surface area contributed by atoms with Crippen molar-refractivity contribution < 1.29 is 0 Å². The van der Waals surface area contributed by atoms with Crippen LogP contribution in [-0.4, -0.2) is 30.1 Å². The summed E-state index contributed by atoms with van der Waals surface area (Å²) < 4.78 is 0. The molecule has 2 rings (SSSR count). The lowest BCUT2D eigenvalue weighted by molar-refractivity contribution is 0.155. The fourth-order valence-electron chi connectivity index (χ4n) is 3.47. The number of hydrogen-bond donors (Lipinski definition) is 1. The molecule has 0 aromatic heterocycles. The summed E-state index contributed by atoms with van der Waals surface area (Å²) in [5.74, 6) is 0. The second kappa shape index (κ2) is 5.50. The molecule has 1 aliphatic heterocycles. The maximum atomic E-state index is 6.50. The molecule has 0 aromatic carbocycles. The van der Waals surface area contributed by atoms with Crippen LogP contribution in [0.25, 0.3) is 0 Å². The zero-order valence-electron chi connectivity index (χ0n) is 10.9. The second-order valence-electron chi connectivity index (χ2n) is 6.09. The monoisotopic (exact) mass is 224 g/mol. The van der Waals surface area contributed by atoms with Crippen molar-refractivity contribution in [2.75, 3.05) is 13.6 Å². The molecule has 1 aliphatic carbocycles. The molecule has 0 amide bonds. The van der Waals surface area contributed by atoms with Gasteiger partial charge in [-0.05, 0) is 52.1 Å². The summed E-state index contributed by atoms with van der Waals surface area (Å²) in [5.41, 5.74) is 6.69. The first kappa shape index (κ1) is 12.4. The fraction of sp³-hybridized carbons (Fsp3) is 1.00. The van der Waals surface area contributed by atoms with E-state index in [1.165, 1.54) is 70.8 Å². The van der Waals surface area contributed by atoms with Crippen molar-refractivity contribution in [3.63, 3.8) is 0 Å². The normalized spacial score (nSPS) is 31.5. The molecule has 94 valence electrons. The minimum atomic E-state index is 0.191. The van der Waals surface area contributed by atoms with Crippen LogP contribution in [-0.2, 0) is 0 Å². The fourth-order valence-corrected chi connectivity index (χ4v) is 3.47. The highest BCUT2D eigenvalue weighted by atomic mass is 15.1. The topological polar surface area (TPSA) is 29.3 Å². The highest BCUT2D eigenvalue weighted by Crippen LogP contribution is 2.31. The van der Waals surface area contributed by atoms with E-state index in [1.54, 1.807) is 0 Å². The first-order valence-corrected chi connectivity index (χ1v) is 7.19. The zero-order chi connectivity index (χ0) is 11.4. The third-order valence-corrected chi connectivity index (χ3v) is 4.75. The average Bonchev–Trinajstić information content (AvgIpc) is 2.29. The Morgan fingerprint density at radius 1 is 1.12 bits per heavy atom. The summed E-state index contributed by atoms with van der Waals surface area (Å²) in [6.07, 6.45) is 13.4. The molecule has 2 fully saturated rings. The van der Waals surface area contributed by atoms with Gasteiger partial charge in [0.25, 0.3) is 0 Å². The van der Waals surface area contributed by atoms with E-state index in [1.807, 2.05) is 0 Å². The smallest absolute Gasteiger partial charge is 0.0154 e. The Labute approximate surface area is 101 Å². The van der Waals surface area contributed by atoms with E-state index in [0.29, 0.717) is 0 Å². The van der Waals surface area contributed by atoms with Gasteiger partial charge in [-0.1, -0.05) is 25.7 Å². The van der Waals surface area contributed by atoms with Crippen molar-refractivity contribution in [2.24, 2.45) is 5.73 Å². The molecule has 1 heterocycles. The maximum absolute atomic E-state index is 6.50. The van der Waals surface area contributed by atoms with Crippen LogP contribution in [0.4, 0.5) is 0 Å². The van der Waals surface area contributed by atoms with Crippen molar-refractivity contribution in [3.8, 4) is 0 Å². The predicted molar refractivity (Wildman–Crippen MR) is 69.5 cm³/mol. The molecule has 1 unspecified atom stereocenters. The number of hydrogen-bond acceptors (Lipinski definition) is 2. The van der Waals surface area contributed by atoms with Gasteiger partial charge in [0, 0.05) is 11.6 Å². The van der Waals surface area contributed by atoms with Crippen LogP contribution in [0.5, 0.6) is 0 Å². The number of piperidine rings is 1. The molecule has 2 N–H and O–H groups in total. The van der Waals surface area contributed by atoms with E-state index >= 15 is 0 Å². The molecule has 16 heavy (non-hydrogen) atoms. The van der Waals surface area contributed by atoms with Gasteiger partial charge in [-0.3, -0.25) is 0 Å². The third-order valence-electron chi connectivity index (χ3n) is 4.75. The molecule has 0 spiro atoms. The van der Waals surface area contributed by atoms with Crippen LogP contribution in [0.15, 0.2) is 0 Å². The Kier molecular flexibility index (Phi) is 4.26. The Morgan fingerprint density at radius 2 is 1.88 bits per heavy atom. The molecule has 2 heteroatoms. The van der Waals surface area contributed by atoms with E-state index < -0.39 is 0 Å². The highest BCUT2D eigenvalue weighted by molar-refractivity contribution is 4.89. The molecule has 1 saturated heterocycles. The third kappa shape index (κ3) is 3.21. The van der Waals surface area contributed by atoms with Gasteiger partial charge in [0.2, 0.25) is 0 Å². The van der Waals surface area contributed by atoms with Crippen LogP contribution < -0.4 is 5.73 Å². The van der Waals surface area contributed by atoms with Crippen LogP contribution in [0.2, 0.25) is 0 Å². The van der Waals surface area contributed by atoms with E-state index in [0.717, 1.165) is 6.04 Å². The lowest BCUT2D eigenvalue weighted by Crippen LogP contribution is -2.44. The van der Waals surface area contributed by atoms with Gasteiger partial charge in [-0.15, -0.1) is 0 Å². The van der Waals surface area contributed by atoms with Crippen molar-refractivity contribution in [3.05, 3.63) is 0 Å². The van der Waals surface area contributed by atoms with E-state index in [2.05, 4.69) is 11.9 Å². The van der Waals surface area contributed by atoms with Crippen LogP contribution in [0, 0.1) is 0 Å². The Morgan fingerprint density at radius 3 is 2.56 bits per heavy atom. The van der Waals surface area contributed by atoms with Crippen LogP contribution >= 0.6 is 0 Å². The van der Waals surface area contributed by atoms with Crippen molar-refractivity contribution in [1.29, 1.82) is 0 Å². The van der Waals surface area contributed by atoms with Crippen molar-refractivity contribution in [2.45, 2.75) is 75.8 Å². The first-order chi connectivity index (χ1) is 7.70. The average molecular weight is 224 g/mol. The van der Waals surface area contributed by atoms with Gasteiger partial charge >= 0.3 is 0 Å². The lowest BCUT2D eigenvalue weighted by Gasteiger charge is -2.38. The zero-order valence-corrected chi connectivity index (χ0v) is 10.9. The largest absolute Gasteiger partial charge is 0.325 e. The van der Waals surface area contributed by atoms with Gasteiger partial charge < -0.3 is 10.6 Å². The molecule has 0 radical (unpaired) electrons. The summed E-state index contributed by atoms with van der Waals surface area (Å²) in [6, 6.07) is 0.816. The number of rotatable bonds is 3. The van der Waals surface area contributed by atoms with Gasteiger partial charge in [-0.2, -0.15) is 0 Å². The van der Waals surface area contributed by atoms with E-state index in [4.69, 9.17) is 5.73 Å². The maximum Gasteiger partial charge on any atom is 0.0154 e. The second-order valence-corrected chi connectivity index (χ2v) is 6.09. The molecule has 1 saturated carbocycles. The van der Waals surface area contributed by atoms with Gasteiger partial charge in [-0.25, -0.2) is 0 Å². The van der Waals surface area contributed by atoms with Gasteiger partial charge in [0.15, 0.2) is 0 Å². The predicted octanol–water partition coefficient (Wildman–Crippen LogP) is 2.91. The van der Waals surface area contributed by atoms with Gasteiger partial charge in [0.1, 0.15) is 0 Å². The summed E-state index contributed by atoms with van der Waals surface area (Å²) in [5, 5.41) is 0. The summed E-state index contributed by atoms with van der Waals surface area (Å²) in [4.78, 5) is 2.55. The Hall–Kier alpha value is -0.0800. The summed E-state index contributed by atoms with van der Waals surface area (Å²) >= 11 is 0. The molecule has 0 bridgehead atoms. The summed E-state index contributed by atoms with van der Waals surface area (Å²) in [6.45, 7) is 1.29. The summed E-state index contributed by atoms with van der Waals surface area (Å²) in [7, 11) is 2.29. The molecule has 2 nitrogen and oxygen atoms in total. The lowest BCUT2D eigenvalue weighted by atomic mass is 9.78. The van der Waals surface area contributed by atoms with Gasteiger partial charge in [0.05, 0.1) is 0 Å². The molecule has 0 aromatic rings.